The SMILES string of the molecule is COc1ccc(CCC(=O)Nc2ccc(NC(=O)CCc3ccc(OC)cc3)cc2)cc1. The fourth-order valence-electron chi connectivity index (χ4n) is 3.18. The van der Waals surface area contributed by atoms with Gasteiger partial charge in [0.25, 0.3) is 0 Å². The summed E-state index contributed by atoms with van der Waals surface area (Å²) in [5.74, 6) is 1.48. The standard InChI is InChI=1S/C26H28N2O4/c1-31-23-13-3-19(4-14-23)7-17-25(29)27-21-9-11-22(12-10-21)28-26(30)18-8-20-5-15-24(32-2)16-6-20/h3-6,9-16H,7-8,17-18H2,1-2H3,(H,27,29)(H,28,30). The van der Waals surface area contributed by atoms with E-state index in [0.29, 0.717) is 37.1 Å². The summed E-state index contributed by atoms with van der Waals surface area (Å²) in [6, 6.07) is 22.5. The van der Waals surface area contributed by atoms with E-state index in [4.69, 9.17) is 9.47 Å². The van der Waals surface area contributed by atoms with Crippen LogP contribution in [0.15, 0.2) is 72.8 Å². The lowest BCUT2D eigenvalue weighted by Crippen LogP contribution is -2.13. The Morgan fingerprint density at radius 3 is 1.25 bits per heavy atom. The third-order valence-electron chi connectivity index (χ3n) is 5.05. The molecule has 0 heterocycles. The highest BCUT2D eigenvalue weighted by molar-refractivity contribution is 5.93. The van der Waals surface area contributed by atoms with E-state index in [2.05, 4.69) is 10.6 Å². The van der Waals surface area contributed by atoms with Gasteiger partial charge < -0.3 is 20.1 Å². The second kappa shape index (κ2) is 11.6. The highest BCUT2D eigenvalue weighted by Crippen LogP contribution is 2.17. The van der Waals surface area contributed by atoms with Crippen molar-refractivity contribution in [1.82, 2.24) is 0 Å². The molecular formula is C26H28N2O4. The van der Waals surface area contributed by atoms with Crippen LogP contribution in [0.4, 0.5) is 11.4 Å². The zero-order valence-corrected chi connectivity index (χ0v) is 18.4. The van der Waals surface area contributed by atoms with Gasteiger partial charge in [-0.15, -0.1) is 0 Å². The van der Waals surface area contributed by atoms with E-state index in [1.54, 1.807) is 38.5 Å². The minimum absolute atomic E-state index is 0.0582. The molecular weight excluding hydrogens is 404 g/mol. The lowest BCUT2D eigenvalue weighted by atomic mass is 10.1. The Bertz CT molecular complexity index is 929. The first-order valence-electron chi connectivity index (χ1n) is 10.5. The predicted molar refractivity (Wildman–Crippen MR) is 126 cm³/mol. The predicted octanol–water partition coefficient (Wildman–Crippen LogP) is 4.85. The Hall–Kier alpha value is -3.80. The summed E-state index contributed by atoms with van der Waals surface area (Å²) < 4.78 is 10.3. The maximum absolute atomic E-state index is 12.2. The van der Waals surface area contributed by atoms with E-state index in [-0.39, 0.29) is 11.8 Å². The first-order valence-corrected chi connectivity index (χ1v) is 10.5. The molecule has 2 amide bonds. The van der Waals surface area contributed by atoms with Gasteiger partial charge in [-0.05, 0) is 72.5 Å². The van der Waals surface area contributed by atoms with Crippen molar-refractivity contribution in [2.75, 3.05) is 24.9 Å². The third kappa shape index (κ3) is 7.16. The van der Waals surface area contributed by atoms with Crippen LogP contribution in [-0.2, 0) is 22.4 Å². The van der Waals surface area contributed by atoms with Crippen LogP contribution in [-0.4, -0.2) is 26.0 Å². The van der Waals surface area contributed by atoms with E-state index in [1.165, 1.54) is 0 Å². The van der Waals surface area contributed by atoms with E-state index in [1.807, 2.05) is 48.5 Å². The van der Waals surface area contributed by atoms with Crippen LogP contribution in [0.25, 0.3) is 0 Å². The zero-order valence-electron chi connectivity index (χ0n) is 18.4. The van der Waals surface area contributed by atoms with Gasteiger partial charge in [0.15, 0.2) is 0 Å². The van der Waals surface area contributed by atoms with Crippen LogP contribution in [0.2, 0.25) is 0 Å². The normalized spacial score (nSPS) is 10.3. The Morgan fingerprint density at radius 2 is 0.938 bits per heavy atom. The van der Waals surface area contributed by atoms with E-state index in [0.717, 1.165) is 22.6 Å². The molecule has 0 saturated heterocycles. The summed E-state index contributed by atoms with van der Waals surface area (Å²) in [5.41, 5.74) is 3.55. The first kappa shape index (κ1) is 22.9. The number of carbonyl (C=O) groups is 2. The molecule has 0 aliphatic heterocycles. The quantitative estimate of drug-likeness (QED) is 0.480. The summed E-state index contributed by atoms with van der Waals surface area (Å²) in [6.45, 7) is 0. The van der Waals surface area contributed by atoms with Crippen LogP contribution in [0.5, 0.6) is 11.5 Å². The number of hydrogen-bond acceptors (Lipinski definition) is 4. The van der Waals surface area contributed by atoms with E-state index in [9.17, 15) is 9.59 Å². The molecule has 0 fully saturated rings. The number of ether oxygens (including phenoxy) is 2. The Labute approximate surface area is 188 Å². The Morgan fingerprint density at radius 1 is 0.594 bits per heavy atom. The van der Waals surface area contributed by atoms with Crippen molar-refractivity contribution in [1.29, 1.82) is 0 Å². The smallest absolute Gasteiger partial charge is 0.224 e. The third-order valence-corrected chi connectivity index (χ3v) is 5.05. The van der Waals surface area contributed by atoms with Crippen molar-refractivity contribution in [3.05, 3.63) is 83.9 Å². The number of aryl methyl sites for hydroxylation is 2. The largest absolute Gasteiger partial charge is 0.497 e. The number of anilines is 2. The molecule has 3 rings (SSSR count). The van der Waals surface area contributed by atoms with Gasteiger partial charge in [-0.1, -0.05) is 24.3 Å². The fraction of sp³-hybridized carbons (Fsp3) is 0.231. The second-order valence-corrected chi connectivity index (χ2v) is 7.37. The summed E-state index contributed by atoms with van der Waals surface area (Å²) >= 11 is 0. The summed E-state index contributed by atoms with van der Waals surface area (Å²) in [5, 5.41) is 5.77. The number of amides is 2. The molecule has 0 saturated carbocycles. The van der Waals surface area contributed by atoms with Gasteiger partial charge in [-0.25, -0.2) is 0 Å². The average molecular weight is 433 g/mol. The van der Waals surface area contributed by atoms with Gasteiger partial charge in [0.1, 0.15) is 11.5 Å². The summed E-state index contributed by atoms with van der Waals surface area (Å²) in [7, 11) is 3.25. The number of benzene rings is 3. The minimum Gasteiger partial charge on any atom is -0.497 e. The zero-order chi connectivity index (χ0) is 22.8. The maximum Gasteiger partial charge on any atom is 0.224 e. The lowest BCUT2D eigenvalue weighted by Gasteiger charge is -2.09. The lowest BCUT2D eigenvalue weighted by molar-refractivity contribution is -0.117. The Balaban J connectivity index is 1.41. The molecule has 0 aliphatic carbocycles. The monoisotopic (exact) mass is 432 g/mol. The number of hydrogen-bond donors (Lipinski definition) is 2. The molecule has 3 aromatic carbocycles. The van der Waals surface area contributed by atoms with Gasteiger partial charge >= 0.3 is 0 Å². The van der Waals surface area contributed by atoms with Crippen molar-refractivity contribution in [3.63, 3.8) is 0 Å². The molecule has 0 radical (unpaired) electrons. The second-order valence-electron chi connectivity index (χ2n) is 7.37. The van der Waals surface area contributed by atoms with Crippen molar-refractivity contribution in [2.45, 2.75) is 25.7 Å². The van der Waals surface area contributed by atoms with Gasteiger partial charge in [-0.3, -0.25) is 9.59 Å². The molecule has 0 spiro atoms. The van der Waals surface area contributed by atoms with Crippen LogP contribution in [0, 0.1) is 0 Å². The maximum atomic E-state index is 12.2. The molecule has 0 atom stereocenters. The van der Waals surface area contributed by atoms with Crippen molar-refractivity contribution in [3.8, 4) is 11.5 Å². The van der Waals surface area contributed by atoms with E-state index >= 15 is 0 Å². The van der Waals surface area contributed by atoms with Crippen LogP contribution in [0.1, 0.15) is 24.0 Å². The molecule has 0 aromatic heterocycles. The van der Waals surface area contributed by atoms with Crippen LogP contribution >= 0.6 is 0 Å². The molecule has 2 N–H and O–H groups in total. The molecule has 0 aliphatic rings. The molecule has 0 unspecified atom stereocenters. The topological polar surface area (TPSA) is 76.7 Å². The highest BCUT2D eigenvalue weighted by atomic mass is 16.5. The number of nitrogens with one attached hydrogen (secondary N) is 2. The summed E-state index contributed by atoms with van der Waals surface area (Å²) in [6.07, 6.45) is 2.07. The number of rotatable bonds is 10. The van der Waals surface area contributed by atoms with Gasteiger partial charge in [0.2, 0.25) is 11.8 Å². The van der Waals surface area contributed by atoms with Crippen molar-refractivity contribution < 1.29 is 19.1 Å². The van der Waals surface area contributed by atoms with Crippen molar-refractivity contribution in [2.24, 2.45) is 0 Å². The molecule has 6 heteroatoms. The minimum atomic E-state index is -0.0582. The van der Waals surface area contributed by atoms with Gasteiger partial charge in [0, 0.05) is 24.2 Å². The molecule has 3 aromatic rings. The number of carbonyl (C=O) groups excluding carboxylic acids is 2. The van der Waals surface area contributed by atoms with Crippen LogP contribution < -0.4 is 20.1 Å². The van der Waals surface area contributed by atoms with Gasteiger partial charge in [-0.2, -0.15) is 0 Å². The number of methoxy groups -OCH3 is 2. The van der Waals surface area contributed by atoms with Gasteiger partial charge in [0.05, 0.1) is 14.2 Å². The average Bonchev–Trinajstić information content (AvgIpc) is 2.83. The molecule has 6 nitrogen and oxygen atoms in total. The molecule has 166 valence electrons. The van der Waals surface area contributed by atoms with E-state index < -0.39 is 0 Å². The van der Waals surface area contributed by atoms with Crippen molar-refractivity contribution >= 4 is 23.2 Å². The Kier molecular flexibility index (Phi) is 8.26. The summed E-state index contributed by atoms with van der Waals surface area (Å²) in [4.78, 5) is 24.4. The fourth-order valence-corrected chi connectivity index (χ4v) is 3.18. The highest BCUT2D eigenvalue weighted by Gasteiger charge is 2.06. The first-order chi connectivity index (χ1) is 15.6. The molecule has 0 bridgehead atoms. The van der Waals surface area contributed by atoms with Crippen LogP contribution in [0.3, 0.4) is 0 Å². The molecule has 32 heavy (non-hydrogen) atoms.